The first-order chi connectivity index (χ1) is 16.1. The highest BCUT2D eigenvalue weighted by molar-refractivity contribution is 6.46. The molecule has 0 unspecified atom stereocenters. The van der Waals surface area contributed by atoms with Crippen LogP contribution in [0, 0.1) is 17.0 Å². The number of aliphatic hydroxyl groups excluding tert-OH is 1. The van der Waals surface area contributed by atoms with E-state index in [2.05, 4.69) is 0 Å². The fourth-order valence-corrected chi connectivity index (χ4v) is 4.09. The molecule has 34 heavy (non-hydrogen) atoms. The van der Waals surface area contributed by atoms with Gasteiger partial charge in [0.1, 0.15) is 11.5 Å². The fraction of sp³-hybridized carbons (Fsp3) is 0.360. The number of likely N-dealkylation sites (tertiary alicyclic amines) is 1. The largest absolute Gasteiger partial charge is 0.507 e. The maximum absolute atomic E-state index is 13.1. The van der Waals surface area contributed by atoms with E-state index >= 15 is 0 Å². The van der Waals surface area contributed by atoms with Crippen LogP contribution in [0.3, 0.4) is 0 Å². The van der Waals surface area contributed by atoms with Gasteiger partial charge in [0.05, 0.1) is 23.1 Å². The number of nitro groups is 1. The van der Waals surface area contributed by atoms with Gasteiger partial charge in [-0.1, -0.05) is 12.1 Å². The smallest absolute Gasteiger partial charge is 0.295 e. The topological polar surface area (TPSA) is 113 Å². The minimum Gasteiger partial charge on any atom is -0.507 e. The van der Waals surface area contributed by atoms with E-state index in [0.29, 0.717) is 36.4 Å². The number of hydrogen-bond acceptors (Lipinski definition) is 7. The number of aliphatic hydroxyl groups is 1. The summed E-state index contributed by atoms with van der Waals surface area (Å²) < 4.78 is 5.55. The first kappa shape index (κ1) is 24.9. The van der Waals surface area contributed by atoms with Gasteiger partial charge in [0, 0.05) is 24.2 Å². The molecule has 1 heterocycles. The Kier molecular flexibility index (Phi) is 7.68. The number of nitrogens with zero attached hydrogens (tertiary/aromatic N) is 3. The lowest BCUT2D eigenvalue weighted by Gasteiger charge is -2.26. The lowest BCUT2D eigenvalue weighted by molar-refractivity contribution is -0.384. The first-order valence-electron chi connectivity index (χ1n) is 11.1. The molecular weight excluding hydrogens is 438 g/mol. The van der Waals surface area contributed by atoms with Crippen molar-refractivity contribution < 1.29 is 24.4 Å². The number of carbonyl (C=O) groups excluding carboxylic acids is 2. The van der Waals surface area contributed by atoms with Crippen LogP contribution in [-0.2, 0) is 9.59 Å². The molecule has 9 nitrogen and oxygen atoms in total. The second-order valence-corrected chi connectivity index (χ2v) is 8.41. The van der Waals surface area contributed by atoms with Gasteiger partial charge in [-0.2, -0.15) is 0 Å². The Hall–Kier alpha value is -3.72. The number of carbonyl (C=O) groups is 2. The number of benzene rings is 2. The third kappa shape index (κ3) is 5.09. The van der Waals surface area contributed by atoms with Crippen LogP contribution in [0.2, 0.25) is 0 Å². The highest BCUT2D eigenvalue weighted by Gasteiger charge is 2.46. The Bertz CT molecular complexity index is 1140. The number of hydrogen-bond donors (Lipinski definition) is 1. The number of nitro benzene ring substituents is 1. The summed E-state index contributed by atoms with van der Waals surface area (Å²) in [6, 6.07) is 9.89. The minimum atomic E-state index is -0.936. The molecule has 1 aliphatic rings. The molecule has 1 atom stereocenters. The van der Waals surface area contributed by atoms with E-state index in [0.717, 1.165) is 5.56 Å². The van der Waals surface area contributed by atoms with Crippen LogP contribution in [0.15, 0.2) is 48.0 Å². The van der Waals surface area contributed by atoms with E-state index in [1.807, 2.05) is 32.8 Å². The number of non-ortho nitro benzene ring substituents is 1. The number of rotatable bonds is 9. The summed E-state index contributed by atoms with van der Waals surface area (Å²) >= 11 is 0. The predicted octanol–water partition coefficient (Wildman–Crippen LogP) is 3.68. The summed E-state index contributed by atoms with van der Waals surface area (Å²) in [5, 5.41) is 22.6. The van der Waals surface area contributed by atoms with E-state index in [9.17, 15) is 24.8 Å². The van der Waals surface area contributed by atoms with E-state index in [4.69, 9.17) is 4.74 Å². The molecule has 0 aliphatic carbocycles. The van der Waals surface area contributed by atoms with E-state index < -0.39 is 22.7 Å². The van der Waals surface area contributed by atoms with E-state index in [-0.39, 0.29) is 23.6 Å². The Morgan fingerprint density at radius 1 is 1.21 bits per heavy atom. The summed E-state index contributed by atoms with van der Waals surface area (Å²) in [7, 11) is 3.81. The summed E-state index contributed by atoms with van der Waals surface area (Å²) in [6.07, 6.45) is 0.591. The Morgan fingerprint density at radius 2 is 1.94 bits per heavy atom. The van der Waals surface area contributed by atoms with Crippen molar-refractivity contribution in [2.24, 2.45) is 0 Å². The lowest BCUT2D eigenvalue weighted by Crippen LogP contribution is -2.32. The Morgan fingerprint density at radius 3 is 2.56 bits per heavy atom. The summed E-state index contributed by atoms with van der Waals surface area (Å²) in [5.41, 5.74) is 1.27. The molecule has 0 bridgehead atoms. The quantitative estimate of drug-likeness (QED) is 0.197. The van der Waals surface area contributed by atoms with Crippen molar-refractivity contribution in [3.05, 3.63) is 74.8 Å². The molecule has 1 saturated heterocycles. The number of Topliss-reactive ketones (excluding diaryl/α,β-unsaturated/α-hetero) is 1. The second-order valence-electron chi connectivity index (χ2n) is 8.41. The molecule has 1 fully saturated rings. The van der Waals surface area contributed by atoms with Crippen LogP contribution < -0.4 is 4.74 Å². The van der Waals surface area contributed by atoms with Crippen LogP contribution in [-0.4, -0.2) is 65.3 Å². The normalized spacial score (nSPS) is 17.4. The zero-order valence-corrected chi connectivity index (χ0v) is 19.8. The zero-order chi connectivity index (χ0) is 25.0. The van der Waals surface area contributed by atoms with Crippen molar-refractivity contribution in [3.8, 4) is 5.75 Å². The minimum absolute atomic E-state index is 0.0843. The van der Waals surface area contributed by atoms with Crippen molar-refractivity contribution in [2.75, 3.05) is 33.8 Å². The molecule has 0 spiro atoms. The third-order valence-electron chi connectivity index (χ3n) is 5.69. The highest BCUT2D eigenvalue weighted by Crippen LogP contribution is 2.40. The number of aryl methyl sites for hydroxylation is 1. The van der Waals surface area contributed by atoms with Crippen LogP contribution >= 0.6 is 0 Å². The molecular formula is C25H29N3O6. The van der Waals surface area contributed by atoms with Gasteiger partial charge in [0.15, 0.2) is 0 Å². The van der Waals surface area contributed by atoms with Gasteiger partial charge in [-0.15, -0.1) is 0 Å². The number of amides is 1. The van der Waals surface area contributed by atoms with Crippen LogP contribution in [0.1, 0.15) is 36.1 Å². The van der Waals surface area contributed by atoms with Gasteiger partial charge < -0.3 is 19.6 Å². The number of ether oxygens (including phenoxy) is 1. The second kappa shape index (κ2) is 10.5. The average molecular weight is 468 g/mol. The van der Waals surface area contributed by atoms with Gasteiger partial charge in [-0.25, -0.2) is 0 Å². The maximum Gasteiger partial charge on any atom is 0.295 e. The molecule has 2 aromatic rings. The van der Waals surface area contributed by atoms with Gasteiger partial charge in [0.25, 0.3) is 17.4 Å². The molecule has 3 rings (SSSR count). The summed E-state index contributed by atoms with van der Waals surface area (Å²) in [6.45, 7) is 5.11. The molecule has 1 aliphatic heterocycles. The molecule has 0 aromatic heterocycles. The molecule has 2 aromatic carbocycles. The fourth-order valence-electron chi connectivity index (χ4n) is 4.09. The molecule has 0 saturated carbocycles. The van der Waals surface area contributed by atoms with Crippen molar-refractivity contribution in [1.82, 2.24) is 9.80 Å². The Labute approximate surface area is 198 Å². The average Bonchev–Trinajstić information content (AvgIpc) is 3.05. The standard InChI is InChI=1S/C25H29N3O6/c1-5-34-20-11-10-18(14-16(20)2)23(29)21-22(17-8-6-9-19(15-17)28(32)33)27(25(31)24(21)30)13-7-12-26(3)4/h6,8-11,14-15,22,29H,5,7,12-13H2,1-4H3/t22-/m1/s1. The van der Waals surface area contributed by atoms with Gasteiger partial charge in [-0.05, 0) is 70.2 Å². The first-order valence-corrected chi connectivity index (χ1v) is 11.1. The maximum atomic E-state index is 13.1. The van der Waals surface area contributed by atoms with Crippen molar-refractivity contribution in [2.45, 2.75) is 26.3 Å². The SMILES string of the molecule is CCOc1ccc(C(O)=C2C(=O)C(=O)N(CCCN(C)C)[C@@H]2c2cccc([N+](=O)[O-])c2)cc1C. The molecule has 180 valence electrons. The summed E-state index contributed by atoms with van der Waals surface area (Å²) in [4.78, 5) is 40.3. The molecule has 1 amide bonds. The van der Waals surface area contributed by atoms with Crippen LogP contribution in [0.4, 0.5) is 5.69 Å². The van der Waals surface area contributed by atoms with Crippen LogP contribution in [0.5, 0.6) is 5.75 Å². The molecule has 1 N–H and O–H groups in total. The van der Waals surface area contributed by atoms with Gasteiger partial charge in [0.2, 0.25) is 0 Å². The summed E-state index contributed by atoms with van der Waals surface area (Å²) in [5.74, 6) is -1.22. The van der Waals surface area contributed by atoms with Crippen molar-refractivity contribution in [3.63, 3.8) is 0 Å². The van der Waals surface area contributed by atoms with Gasteiger partial charge >= 0.3 is 0 Å². The third-order valence-corrected chi connectivity index (χ3v) is 5.69. The van der Waals surface area contributed by atoms with E-state index in [1.165, 1.54) is 23.1 Å². The van der Waals surface area contributed by atoms with Gasteiger partial charge in [-0.3, -0.25) is 19.7 Å². The molecule has 0 radical (unpaired) electrons. The number of ketones is 1. The van der Waals surface area contributed by atoms with Crippen molar-refractivity contribution >= 4 is 23.1 Å². The van der Waals surface area contributed by atoms with Crippen LogP contribution in [0.25, 0.3) is 5.76 Å². The highest BCUT2D eigenvalue weighted by atomic mass is 16.6. The zero-order valence-electron chi connectivity index (χ0n) is 19.8. The molecule has 9 heteroatoms. The lowest BCUT2D eigenvalue weighted by atomic mass is 9.94. The Balaban J connectivity index is 2.13. The van der Waals surface area contributed by atoms with Crippen molar-refractivity contribution in [1.29, 1.82) is 0 Å². The predicted molar refractivity (Wildman–Crippen MR) is 128 cm³/mol. The van der Waals surface area contributed by atoms with E-state index in [1.54, 1.807) is 24.3 Å². The monoisotopic (exact) mass is 467 g/mol.